The van der Waals surface area contributed by atoms with E-state index in [1.54, 1.807) is 13.8 Å². The van der Waals surface area contributed by atoms with Crippen molar-refractivity contribution in [2.75, 3.05) is 0 Å². The molecule has 0 aromatic rings. The Labute approximate surface area is 80.7 Å². The maximum absolute atomic E-state index is 12.7. The highest BCUT2D eigenvalue weighted by Crippen LogP contribution is 2.50. The minimum atomic E-state index is -3.87. The van der Waals surface area contributed by atoms with E-state index in [1.807, 2.05) is 0 Å². The Kier molecular flexibility index (Phi) is 2.82. The van der Waals surface area contributed by atoms with E-state index in [2.05, 4.69) is 0 Å². The van der Waals surface area contributed by atoms with Gasteiger partial charge in [0.05, 0.1) is 0 Å². The number of rotatable bonds is 3. The zero-order chi connectivity index (χ0) is 11.1. The first kappa shape index (κ1) is 11.8. The van der Waals surface area contributed by atoms with Crippen molar-refractivity contribution in [2.24, 2.45) is 17.1 Å². The van der Waals surface area contributed by atoms with Crippen molar-refractivity contribution in [3.05, 3.63) is 0 Å². The molecular formula is C9H15F4N. The lowest BCUT2D eigenvalue weighted by Gasteiger charge is -2.51. The molecule has 1 fully saturated rings. The van der Waals surface area contributed by atoms with Gasteiger partial charge in [0.25, 0.3) is 0 Å². The molecular weight excluding hydrogens is 198 g/mol. The van der Waals surface area contributed by atoms with Crippen LogP contribution in [0.25, 0.3) is 0 Å². The fourth-order valence-corrected chi connectivity index (χ4v) is 1.82. The maximum atomic E-state index is 12.7. The van der Waals surface area contributed by atoms with E-state index in [-0.39, 0.29) is 6.04 Å². The van der Waals surface area contributed by atoms with Crippen molar-refractivity contribution in [1.29, 1.82) is 0 Å². The summed E-state index contributed by atoms with van der Waals surface area (Å²) >= 11 is 0. The topological polar surface area (TPSA) is 26.0 Å². The van der Waals surface area contributed by atoms with Crippen molar-refractivity contribution in [3.63, 3.8) is 0 Å². The van der Waals surface area contributed by atoms with E-state index in [9.17, 15) is 17.6 Å². The Morgan fingerprint density at radius 3 is 2.21 bits per heavy atom. The molecule has 1 rings (SSSR count). The Bertz CT molecular complexity index is 215. The average Bonchev–Trinajstić information content (AvgIpc) is 2.03. The van der Waals surface area contributed by atoms with Crippen LogP contribution in [0.5, 0.6) is 0 Å². The summed E-state index contributed by atoms with van der Waals surface area (Å²) in [6.07, 6.45) is -3.92. The van der Waals surface area contributed by atoms with Gasteiger partial charge in [0.2, 0.25) is 0 Å². The van der Waals surface area contributed by atoms with Crippen molar-refractivity contribution < 1.29 is 17.6 Å². The second kappa shape index (κ2) is 3.36. The monoisotopic (exact) mass is 213 g/mol. The minimum Gasteiger partial charge on any atom is -0.327 e. The molecule has 84 valence electrons. The van der Waals surface area contributed by atoms with E-state index in [1.165, 1.54) is 0 Å². The van der Waals surface area contributed by atoms with Gasteiger partial charge in [0.1, 0.15) is 0 Å². The molecule has 1 saturated carbocycles. The molecule has 0 amide bonds. The standard InChI is InChI=1S/C9H15F4N/c1-8(2)5(3-6(8)14)4-9(12,13)7(10)11/h5-7H,3-4,14H2,1-2H3. The fourth-order valence-electron chi connectivity index (χ4n) is 1.82. The molecule has 0 spiro atoms. The number of hydrogen-bond donors (Lipinski definition) is 1. The molecule has 1 aliphatic carbocycles. The second-order valence-electron chi connectivity index (χ2n) is 4.63. The smallest absolute Gasteiger partial charge is 0.307 e. The van der Waals surface area contributed by atoms with Gasteiger partial charge >= 0.3 is 12.3 Å². The number of hydrogen-bond acceptors (Lipinski definition) is 1. The van der Waals surface area contributed by atoms with Crippen molar-refractivity contribution >= 4 is 0 Å². The van der Waals surface area contributed by atoms with Crippen LogP contribution in [0.1, 0.15) is 26.7 Å². The Morgan fingerprint density at radius 2 is 1.93 bits per heavy atom. The molecule has 0 aliphatic heterocycles. The minimum absolute atomic E-state index is 0.152. The first-order valence-corrected chi connectivity index (χ1v) is 4.59. The van der Waals surface area contributed by atoms with Crippen LogP contribution in [-0.4, -0.2) is 18.4 Å². The van der Waals surface area contributed by atoms with E-state index in [0.717, 1.165) is 0 Å². The first-order chi connectivity index (χ1) is 6.18. The van der Waals surface area contributed by atoms with Gasteiger partial charge in [-0.15, -0.1) is 0 Å². The van der Waals surface area contributed by atoms with Crippen LogP contribution in [0.2, 0.25) is 0 Å². The van der Waals surface area contributed by atoms with E-state index in [4.69, 9.17) is 5.73 Å². The Morgan fingerprint density at radius 1 is 1.43 bits per heavy atom. The van der Waals surface area contributed by atoms with Gasteiger partial charge in [-0.3, -0.25) is 0 Å². The molecule has 0 saturated heterocycles. The first-order valence-electron chi connectivity index (χ1n) is 4.59. The summed E-state index contributed by atoms with van der Waals surface area (Å²) in [6, 6.07) is -0.152. The third kappa shape index (κ3) is 1.87. The van der Waals surface area contributed by atoms with Crippen LogP contribution in [0.3, 0.4) is 0 Å². The molecule has 2 N–H and O–H groups in total. The summed E-state index contributed by atoms with van der Waals surface area (Å²) in [4.78, 5) is 0. The van der Waals surface area contributed by atoms with Crippen LogP contribution in [0.15, 0.2) is 0 Å². The Balaban J connectivity index is 2.55. The largest absolute Gasteiger partial charge is 0.327 e. The maximum Gasteiger partial charge on any atom is 0.307 e. The normalized spacial score (nSPS) is 31.7. The molecule has 1 nitrogen and oxygen atoms in total. The summed E-state index contributed by atoms with van der Waals surface area (Å²) < 4.78 is 49.2. The van der Waals surface area contributed by atoms with Crippen LogP contribution in [0, 0.1) is 11.3 Å². The fraction of sp³-hybridized carbons (Fsp3) is 1.00. The van der Waals surface area contributed by atoms with Crippen LogP contribution in [-0.2, 0) is 0 Å². The lowest BCUT2D eigenvalue weighted by atomic mass is 9.57. The summed E-state index contributed by atoms with van der Waals surface area (Å²) in [5.41, 5.74) is 5.16. The number of nitrogens with two attached hydrogens (primary N) is 1. The van der Waals surface area contributed by atoms with Gasteiger partial charge in [-0.1, -0.05) is 13.8 Å². The molecule has 1 aliphatic rings. The third-order valence-corrected chi connectivity index (χ3v) is 3.38. The van der Waals surface area contributed by atoms with E-state index in [0.29, 0.717) is 6.42 Å². The summed E-state index contributed by atoms with van der Waals surface area (Å²) in [5.74, 6) is -4.27. The SMILES string of the molecule is CC1(C)C(N)CC1CC(F)(F)C(F)F. The van der Waals surface area contributed by atoms with Crippen molar-refractivity contribution in [3.8, 4) is 0 Å². The van der Waals surface area contributed by atoms with Gasteiger partial charge < -0.3 is 5.73 Å². The predicted octanol–water partition coefficient (Wildman–Crippen LogP) is 2.65. The zero-order valence-corrected chi connectivity index (χ0v) is 8.24. The number of alkyl halides is 4. The van der Waals surface area contributed by atoms with E-state index >= 15 is 0 Å². The molecule has 0 aromatic heterocycles. The third-order valence-electron chi connectivity index (χ3n) is 3.38. The lowest BCUT2D eigenvalue weighted by molar-refractivity contribution is -0.161. The van der Waals surface area contributed by atoms with Gasteiger partial charge in [0, 0.05) is 12.5 Å². The van der Waals surface area contributed by atoms with Crippen LogP contribution in [0.4, 0.5) is 17.6 Å². The predicted molar refractivity (Wildman–Crippen MR) is 45.4 cm³/mol. The molecule has 5 heteroatoms. The number of halogens is 4. The summed E-state index contributed by atoms with van der Waals surface area (Å²) in [6.45, 7) is 3.49. The van der Waals surface area contributed by atoms with Gasteiger partial charge in [-0.2, -0.15) is 0 Å². The molecule has 0 bridgehead atoms. The highest BCUT2D eigenvalue weighted by Gasteiger charge is 2.52. The molecule has 0 heterocycles. The quantitative estimate of drug-likeness (QED) is 0.716. The van der Waals surface area contributed by atoms with Crippen molar-refractivity contribution in [1.82, 2.24) is 0 Å². The van der Waals surface area contributed by atoms with E-state index < -0.39 is 30.1 Å². The molecule has 2 atom stereocenters. The molecule has 14 heavy (non-hydrogen) atoms. The molecule has 2 unspecified atom stereocenters. The highest BCUT2D eigenvalue weighted by atomic mass is 19.3. The van der Waals surface area contributed by atoms with Gasteiger partial charge in [-0.05, 0) is 17.8 Å². The average molecular weight is 213 g/mol. The molecule has 0 radical (unpaired) electrons. The Hall–Kier alpha value is -0.320. The summed E-state index contributed by atoms with van der Waals surface area (Å²) in [5, 5.41) is 0. The zero-order valence-electron chi connectivity index (χ0n) is 8.24. The molecule has 0 aromatic carbocycles. The van der Waals surface area contributed by atoms with Crippen molar-refractivity contribution in [2.45, 2.75) is 45.1 Å². The van der Waals surface area contributed by atoms with Gasteiger partial charge in [0.15, 0.2) is 0 Å². The van der Waals surface area contributed by atoms with Crippen LogP contribution < -0.4 is 5.73 Å². The summed E-state index contributed by atoms with van der Waals surface area (Å²) in [7, 11) is 0. The second-order valence-corrected chi connectivity index (χ2v) is 4.63. The lowest BCUT2D eigenvalue weighted by Crippen LogP contribution is -2.56. The van der Waals surface area contributed by atoms with Gasteiger partial charge in [-0.25, -0.2) is 17.6 Å². The van der Waals surface area contributed by atoms with Crippen LogP contribution >= 0.6 is 0 Å². The highest BCUT2D eigenvalue weighted by molar-refractivity contribution is 5.01.